The third-order valence-corrected chi connectivity index (χ3v) is 3.96. The lowest BCUT2D eigenvalue weighted by Crippen LogP contribution is -2.31. The fourth-order valence-electron chi connectivity index (χ4n) is 2.92. The summed E-state index contributed by atoms with van der Waals surface area (Å²) in [6.45, 7) is 6.13. The zero-order chi connectivity index (χ0) is 13.1. The van der Waals surface area contributed by atoms with E-state index >= 15 is 0 Å². The van der Waals surface area contributed by atoms with Crippen molar-refractivity contribution in [3.63, 3.8) is 0 Å². The number of hydrogen-bond acceptors (Lipinski definition) is 2. The molecule has 98 valence electrons. The molecule has 0 aromatic rings. The van der Waals surface area contributed by atoms with Gasteiger partial charge in [0.1, 0.15) is 0 Å². The van der Waals surface area contributed by atoms with Crippen LogP contribution in [-0.4, -0.2) is 23.3 Å². The van der Waals surface area contributed by atoms with E-state index in [9.17, 15) is 9.59 Å². The highest BCUT2D eigenvalue weighted by Crippen LogP contribution is 2.38. The smallest absolute Gasteiger partial charge is 0.233 e. The van der Waals surface area contributed by atoms with E-state index in [0.29, 0.717) is 6.54 Å². The number of rotatable bonds is 5. The fourth-order valence-corrected chi connectivity index (χ4v) is 2.92. The van der Waals surface area contributed by atoms with E-state index < -0.39 is 0 Å². The monoisotopic (exact) mass is 247 g/mol. The Bertz CT molecular complexity index is 397. The maximum atomic E-state index is 12.2. The molecule has 2 unspecified atom stereocenters. The predicted molar refractivity (Wildman–Crippen MR) is 70.7 cm³/mol. The van der Waals surface area contributed by atoms with Crippen LogP contribution in [0.25, 0.3) is 0 Å². The summed E-state index contributed by atoms with van der Waals surface area (Å²) < 4.78 is 0. The molecule has 1 aliphatic heterocycles. The second-order valence-electron chi connectivity index (χ2n) is 5.19. The van der Waals surface area contributed by atoms with Gasteiger partial charge in [0.05, 0.1) is 11.8 Å². The lowest BCUT2D eigenvalue weighted by molar-refractivity contribution is -0.139. The van der Waals surface area contributed by atoms with Gasteiger partial charge in [-0.25, -0.2) is 0 Å². The van der Waals surface area contributed by atoms with Crippen molar-refractivity contribution in [1.82, 2.24) is 4.90 Å². The number of carbonyl (C=O) groups excluding carboxylic acids is 2. The SMILES string of the molecule is C=CCN1C(=O)C2CC=C(CCCC)CC2C1=O. The number of imide groups is 1. The van der Waals surface area contributed by atoms with Crippen molar-refractivity contribution >= 4 is 11.8 Å². The topological polar surface area (TPSA) is 37.4 Å². The van der Waals surface area contributed by atoms with E-state index in [1.165, 1.54) is 23.3 Å². The molecule has 0 aromatic carbocycles. The molecule has 0 aromatic heterocycles. The van der Waals surface area contributed by atoms with Gasteiger partial charge in [-0.2, -0.15) is 0 Å². The molecule has 18 heavy (non-hydrogen) atoms. The molecule has 2 rings (SSSR count). The first-order valence-electron chi connectivity index (χ1n) is 6.83. The Morgan fingerprint density at radius 2 is 2.11 bits per heavy atom. The molecule has 2 atom stereocenters. The molecule has 0 bridgehead atoms. The summed E-state index contributed by atoms with van der Waals surface area (Å²) in [6.07, 6.45) is 8.73. The molecule has 1 fully saturated rings. The normalized spacial score (nSPS) is 27.2. The molecule has 3 heteroatoms. The first-order chi connectivity index (χ1) is 8.69. The number of amides is 2. The largest absolute Gasteiger partial charge is 0.278 e. The molecule has 2 amide bonds. The summed E-state index contributed by atoms with van der Waals surface area (Å²) >= 11 is 0. The zero-order valence-corrected chi connectivity index (χ0v) is 11.0. The highest BCUT2D eigenvalue weighted by molar-refractivity contribution is 6.05. The lowest BCUT2D eigenvalue weighted by Gasteiger charge is -2.21. The summed E-state index contributed by atoms with van der Waals surface area (Å²) in [5.41, 5.74) is 1.36. The van der Waals surface area contributed by atoms with Gasteiger partial charge < -0.3 is 0 Å². The summed E-state index contributed by atoms with van der Waals surface area (Å²) in [5.74, 6) is -0.208. The second-order valence-corrected chi connectivity index (χ2v) is 5.19. The van der Waals surface area contributed by atoms with Gasteiger partial charge in [0.25, 0.3) is 0 Å². The Labute approximate surface area is 109 Å². The average molecular weight is 247 g/mol. The van der Waals surface area contributed by atoms with Crippen LogP contribution in [0.3, 0.4) is 0 Å². The van der Waals surface area contributed by atoms with Crippen molar-refractivity contribution in [1.29, 1.82) is 0 Å². The number of hydrogen-bond donors (Lipinski definition) is 0. The third-order valence-electron chi connectivity index (χ3n) is 3.96. The Morgan fingerprint density at radius 3 is 2.78 bits per heavy atom. The van der Waals surface area contributed by atoms with Gasteiger partial charge in [-0.05, 0) is 25.7 Å². The van der Waals surface area contributed by atoms with Crippen LogP contribution in [0.2, 0.25) is 0 Å². The van der Waals surface area contributed by atoms with E-state index in [1.807, 2.05) is 0 Å². The fraction of sp³-hybridized carbons (Fsp3) is 0.600. The molecule has 3 nitrogen and oxygen atoms in total. The van der Waals surface area contributed by atoms with Gasteiger partial charge in [-0.15, -0.1) is 6.58 Å². The Hall–Kier alpha value is -1.38. The lowest BCUT2D eigenvalue weighted by atomic mass is 9.80. The van der Waals surface area contributed by atoms with Crippen LogP contribution in [0.15, 0.2) is 24.3 Å². The van der Waals surface area contributed by atoms with Gasteiger partial charge in [0.15, 0.2) is 0 Å². The molecule has 2 aliphatic rings. The predicted octanol–water partition coefficient (Wildman–Crippen LogP) is 2.68. The van der Waals surface area contributed by atoms with Crippen molar-refractivity contribution in [2.45, 2.75) is 39.0 Å². The first kappa shape index (κ1) is 13.1. The van der Waals surface area contributed by atoms with Crippen LogP contribution in [0.4, 0.5) is 0 Å². The van der Waals surface area contributed by atoms with Crippen molar-refractivity contribution in [3.8, 4) is 0 Å². The molecule has 0 spiro atoms. The third kappa shape index (κ3) is 2.26. The van der Waals surface area contributed by atoms with Crippen molar-refractivity contribution < 1.29 is 9.59 Å². The maximum Gasteiger partial charge on any atom is 0.233 e. The van der Waals surface area contributed by atoms with Crippen LogP contribution in [0.1, 0.15) is 39.0 Å². The first-order valence-corrected chi connectivity index (χ1v) is 6.83. The number of unbranched alkanes of at least 4 members (excludes halogenated alkanes) is 1. The van der Waals surface area contributed by atoms with Crippen LogP contribution in [-0.2, 0) is 9.59 Å². The maximum absolute atomic E-state index is 12.2. The molecule has 1 heterocycles. The molecule has 0 saturated carbocycles. The van der Waals surface area contributed by atoms with Crippen molar-refractivity contribution in [3.05, 3.63) is 24.3 Å². The average Bonchev–Trinajstić information content (AvgIpc) is 2.62. The Morgan fingerprint density at radius 1 is 1.39 bits per heavy atom. The molecule has 0 radical (unpaired) electrons. The van der Waals surface area contributed by atoms with E-state index in [1.54, 1.807) is 6.08 Å². The zero-order valence-electron chi connectivity index (χ0n) is 11.0. The van der Waals surface area contributed by atoms with Crippen molar-refractivity contribution in [2.24, 2.45) is 11.8 Å². The summed E-state index contributed by atoms with van der Waals surface area (Å²) in [4.78, 5) is 25.7. The number of carbonyl (C=O) groups is 2. The van der Waals surface area contributed by atoms with Crippen LogP contribution in [0.5, 0.6) is 0 Å². The van der Waals surface area contributed by atoms with Gasteiger partial charge in [-0.3, -0.25) is 14.5 Å². The van der Waals surface area contributed by atoms with Gasteiger partial charge in [0, 0.05) is 6.54 Å². The molecular formula is C15H21NO2. The van der Waals surface area contributed by atoms with Crippen LogP contribution >= 0.6 is 0 Å². The van der Waals surface area contributed by atoms with Crippen LogP contribution < -0.4 is 0 Å². The molecular weight excluding hydrogens is 226 g/mol. The minimum Gasteiger partial charge on any atom is -0.278 e. The highest BCUT2D eigenvalue weighted by atomic mass is 16.2. The molecule has 0 N–H and O–H groups in total. The number of fused-ring (bicyclic) bond motifs is 1. The number of allylic oxidation sites excluding steroid dienone is 2. The van der Waals surface area contributed by atoms with E-state index in [2.05, 4.69) is 19.6 Å². The quantitative estimate of drug-likeness (QED) is 0.553. The van der Waals surface area contributed by atoms with Crippen molar-refractivity contribution in [2.75, 3.05) is 6.54 Å². The van der Waals surface area contributed by atoms with Gasteiger partial charge in [-0.1, -0.05) is 31.1 Å². The molecule has 1 aliphatic carbocycles. The summed E-state index contributed by atoms with van der Waals surface area (Å²) in [5, 5.41) is 0. The van der Waals surface area contributed by atoms with Gasteiger partial charge >= 0.3 is 0 Å². The Balaban J connectivity index is 2.07. The van der Waals surface area contributed by atoms with E-state index in [0.717, 1.165) is 19.3 Å². The summed E-state index contributed by atoms with van der Waals surface area (Å²) in [6, 6.07) is 0. The number of nitrogens with zero attached hydrogens (tertiary/aromatic N) is 1. The van der Waals surface area contributed by atoms with E-state index in [4.69, 9.17) is 0 Å². The number of likely N-dealkylation sites (tertiary alicyclic amines) is 1. The highest BCUT2D eigenvalue weighted by Gasteiger charge is 2.47. The standard InChI is InChI=1S/C15H21NO2/c1-3-5-6-11-7-8-12-13(10-11)15(18)16(9-4-2)14(12)17/h4,7,12-13H,2-3,5-6,8-10H2,1H3. The second kappa shape index (κ2) is 5.51. The van der Waals surface area contributed by atoms with Gasteiger partial charge in [0.2, 0.25) is 11.8 Å². The minimum atomic E-state index is -0.108. The molecule has 1 saturated heterocycles. The van der Waals surface area contributed by atoms with Crippen LogP contribution in [0, 0.1) is 11.8 Å². The summed E-state index contributed by atoms with van der Waals surface area (Å²) in [7, 11) is 0. The van der Waals surface area contributed by atoms with E-state index in [-0.39, 0.29) is 23.7 Å². The minimum absolute atomic E-state index is 0.00399. The Kier molecular flexibility index (Phi) is 4.00.